The largest absolute Gasteiger partial charge is 0.488 e. The Morgan fingerprint density at radius 1 is 0.923 bits per heavy atom. The fourth-order valence-corrected chi connectivity index (χ4v) is 2.39. The molecule has 0 N–H and O–H groups in total. The zero-order valence-electron chi connectivity index (χ0n) is 15.5. The Kier molecular flexibility index (Phi) is 7.44. The highest BCUT2D eigenvalue weighted by atomic mass is 16.5. The van der Waals surface area contributed by atoms with Crippen LogP contribution in [-0.4, -0.2) is 40.0 Å². The fraction of sp³-hybridized carbons (Fsp3) is 0.350. The second kappa shape index (κ2) is 9.79. The second-order valence-electron chi connectivity index (χ2n) is 5.75. The summed E-state index contributed by atoms with van der Waals surface area (Å²) in [5, 5.41) is 0. The molecule has 2 rings (SSSR count). The number of methoxy groups -OCH3 is 3. The molecular weight excluding hydrogens is 336 g/mol. The van der Waals surface area contributed by atoms with Gasteiger partial charge in [-0.3, -0.25) is 0 Å². The molecular formula is C20H24O6. The van der Waals surface area contributed by atoms with Crippen molar-refractivity contribution in [1.29, 1.82) is 0 Å². The zero-order chi connectivity index (χ0) is 18.9. The molecule has 0 amide bonds. The van der Waals surface area contributed by atoms with Crippen molar-refractivity contribution in [2.45, 2.75) is 19.6 Å². The first kappa shape index (κ1) is 19.8. The number of ether oxygens (including phenoxy) is 5. The van der Waals surface area contributed by atoms with E-state index in [2.05, 4.69) is 0 Å². The summed E-state index contributed by atoms with van der Waals surface area (Å²) in [7, 11) is 4.58. The van der Waals surface area contributed by atoms with Crippen LogP contribution in [0.25, 0.3) is 0 Å². The van der Waals surface area contributed by atoms with Crippen LogP contribution in [0.2, 0.25) is 0 Å². The van der Waals surface area contributed by atoms with E-state index in [0.717, 1.165) is 5.56 Å². The Labute approximate surface area is 153 Å². The van der Waals surface area contributed by atoms with E-state index in [1.807, 2.05) is 31.2 Å². The third kappa shape index (κ3) is 5.75. The molecule has 2 aromatic carbocycles. The number of benzene rings is 2. The Hall–Kier alpha value is -2.57. The van der Waals surface area contributed by atoms with Gasteiger partial charge in [-0.1, -0.05) is 12.1 Å². The van der Waals surface area contributed by atoms with Gasteiger partial charge in [0.05, 0.1) is 25.9 Å². The third-order valence-corrected chi connectivity index (χ3v) is 3.51. The van der Waals surface area contributed by atoms with Gasteiger partial charge >= 0.3 is 5.97 Å². The van der Waals surface area contributed by atoms with Crippen LogP contribution in [0.1, 0.15) is 22.8 Å². The minimum Gasteiger partial charge on any atom is -0.488 e. The highest BCUT2D eigenvalue weighted by Gasteiger charge is 2.13. The van der Waals surface area contributed by atoms with Gasteiger partial charge in [-0.2, -0.15) is 0 Å². The summed E-state index contributed by atoms with van der Waals surface area (Å²) in [5.41, 5.74) is 1.39. The summed E-state index contributed by atoms with van der Waals surface area (Å²) in [4.78, 5) is 11.9. The van der Waals surface area contributed by atoms with Crippen LogP contribution in [-0.2, 0) is 20.8 Å². The molecule has 0 aliphatic rings. The summed E-state index contributed by atoms with van der Waals surface area (Å²) in [6.07, 6.45) is -0.172. The summed E-state index contributed by atoms with van der Waals surface area (Å²) >= 11 is 0. The van der Waals surface area contributed by atoms with Gasteiger partial charge in [0.1, 0.15) is 23.4 Å². The van der Waals surface area contributed by atoms with Crippen LogP contribution in [0.3, 0.4) is 0 Å². The van der Waals surface area contributed by atoms with Crippen molar-refractivity contribution >= 4 is 5.97 Å². The minimum atomic E-state index is -0.463. The van der Waals surface area contributed by atoms with E-state index in [9.17, 15) is 4.79 Å². The lowest BCUT2D eigenvalue weighted by molar-refractivity contribution is 0.0598. The molecule has 0 aromatic heterocycles. The molecule has 0 saturated heterocycles. The molecule has 0 aliphatic heterocycles. The average molecular weight is 360 g/mol. The van der Waals surface area contributed by atoms with Crippen molar-refractivity contribution in [2.24, 2.45) is 0 Å². The standard InChI is InChI=1S/C20H24O6/c1-14(12-22-2)25-18-9-16(20(21)24-4)10-19(11-18)26-17-7-5-15(6-8-17)13-23-3/h5-11,14H,12-13H2,1-4H3. The quantitative estimate of drug-likeness (QED) is 0.634. The maximum atomic E-state index is 11.9. The maximum absolute atomic E-state index is 11.9. The summed E-state index contributed by atoms with van der Waals surface area (Å²) in [6, 6.07) is 12.5. The van der Waals surface area contributed by atoms with Gasteiger partial charge in [-0.25, -0.2) is 4.79 Å². The molecule has 6 nitrogen and oxygen atoms in total. The van der Waals surface area contributed by atoms with Gasteiger partial charge < -0.3 is 23.7 Å². The van der Waals surface area contributed by atoms with Crippen LogP contribution in [0, 0.1) is 0 Å². The van der Waals surface area contributed by atoms with Crippen molar-refractivity contribution in [2.75, 3.05) is 27.9 Å². The monoisotopic (exact) mass is 360 g/mol. The lowest BCUT2D eigenvalue weighted by Gasteiger charge is -2.16. The maximum Gasteiger partial charge on any atom is 0.338 e. The molecule has 140 valence electrons. The smallest absolute Gasteiger partial charge is 0.338 e. The molecule has 0 spiro atoms. The molecule has 2 aromatic rings. The van der Waals surface area contributed by atoms with E-state index in [4.69, 9.17) is 23.7 Å². The van der Waals surface area contributed by atoms with Gasteiger partial charge in [-0.05, 0) is 36.8 Å². The molecule has 1 unspecified atom stereocenters. The van der Waals surface area contributed by atoms with Crippen molar-refractivity contribution < 1.29 is 28.5 Å². The number of carbonyl (C=O) groups excluding carboxylic acids is 1. The summed E-state index contributed by atoms with van der Waals surface area (Å²) < 4.78 is 26.6. The Balaban J connectivity index is 2.23. The molecule has 0 saturated carbocycles. The third-order valence-electron chi connectivity index (χ3n) is 3.51. The summed E-state index contributed by atoms with van der Waals surface area (Å²) in [5.74, 6) is 1.16. The number of carbonyl (C=O) groups is 1. The van der Waals surface area contributed by atoms with Gasteiger partial charge in [0, 0.05) is 20.3 Å². The number of hydrogen-bond donors (Lipinski definition) is 0. The molecule has 0 aliphatic carbocycles. The molecule has 0 heterocycles. The number of esters is 1. The van der Waals surface area contributed by atoms with Crippen molar-refractivity contribution in [3.8, 4) is 17.2 Å². The molecule has 0 bridgehead atoms. The van der Waals surface area contributed by atoms with Gasteiger partial charge in [0.25, 0.3) is 0 Å². The van der Waals surface area contributed by atoms with Crippen LogP contribution < -0.4 is 9.47 Å². The van der Waals surface area contributed by atoms with Crippen LogP contribution in [0.15, 0.2) is 42.5 Å². The number of hydrogen-bond acceptors (Lipinski definition) is 6. The molecule has 0 radical (unpaired) electrons. The lowest BCUT2D eigenvalue weighted by Crippen LogP contribution is -2.18. The first-order chi connectivity index (χ1) is 12.5. The van der Waals surface area contributed by atoms with E-state index in [-0.39, 0.29) is 6.10 Å². The Morgan fingerprint density at radius 3 is 2.23 bits per heavy atom. The summed E-state index contributed by atoms with van der Waals surface area (Å²) in [6.45, 7) is 2.84. The predicted octanol–water partition coefficient (Wildman–Crippen LogP) is 3.83. The highest BCUT2D eigenvalue weighted by molar-refractivity contribution is 5.90. The van der Waals surface area contributed by atoms with Gasteiger partial charge in [0.2, 0.25) is 0 Å². The minimum absolute atomic E-state index is 0.172. The van der Waals surface area contributed by atoms with Gasteiger partial charge in [-0.15, -0.1) is 0 Å². The highest BCUT2D eigenvalue weighted by Crippen LogP contribution is 2.29. The van der Waals surface area contributed by atoms with E-state index in [1.165, 1.54) is 7.11 Å². The van der Waals surface area contributed by atoms with Crippen LogP contribution in [0.4, 0.5) is 0 Å². The Morgan fingerprint density at radius 2 is 1.62 bits per heavy atom. The molecule has 6 heteroatoms. The fourth-order valence-electron chi connectivity index (χ4n) is 2.39. The zero-order valence-corrected chi connectivity index (χ0v) is 15.5. The Bertz CT molecular complexity index is 711. The first-order valence-electron chi connectivity index (χ1n) is 8.20. The van der Waals surface area contributed by atoms with Crippen molar-refractivity contribution in [3.05, 3.63) is 53.6 Å². The van der Waals surface area contributed by atoms with Gasteiger partial charge in [0.15, 0.2) is 0 Å². The first-order valence-corrected chi connectivity index (χ1v) is 8.20. The predicted molar refractivity (Wildman–Crippen MR) is 97.0 cm³/mol. The van der Waals surface area contributed by atoms with Crippen molar-refractivity contribution in [3.63, 3.8) is 0 Å². The normalized spacial score (nSPS) is 11.7. The van der Waals surface area contributed by atoms with Crippen molar-refractivity contribution in [1.82, 2.24) is 0 Å². The second-order valence-corrected chi connectivity index (χ2v) is 5.75. The van der Waals surface area contributed by atoms with E-state index >= 15 is 0 Å². The number of rotatable bonds is 9. The molecule has 0 fully saturated rings. The topological polar surface area (TPSA) is 63.2 Å². The lowest BCUT2D eigenvalue weighted by atomic mass is 10.2. The average Bonchev–Trinajstić information content (AvgIpc) is 2.63. The van der Waals surface area contributed by atoms with Crippen LogP contribution in [0.5, 0.6) is 17.2 Å². The molecule has 1 atom stereocenters. The SMILES string of the molecule is COCc1ccc(Oc2cc(OC(C)COC)cc(C(=O)OC)c2)cc1. The van der Waals surface area contributed by atoms with E-state index in [0.29, 0.717) is 36.0 Å². The van der Waals surface area contributed by atoms with E-state index in [1.54, 1.807) is 32.4 Å². The molecule has 26 heavy (non-hydrogen) atoms. The van der Waals surface area contributed by atoms with Crippen LogP contribution >= 0.6 is 0 Å². The van der Waals surface area contributed by atoms with E-state index < -0.39 is 5.97 Å².